The first kappa shape index (κ1) is 14.6. The molecule has 1 aromatic rings. The van der Waals surface area contributed by atoms with E-state index in [0.29, 0.717) is 12.1 Å². The Kier molecular flexibility index (Phi) is 6.63. The van der Waals surface area contributed by atoms with Crippen LogP contribution < -0.4 is 5.32 Å². The van der Waals surface area contributed by atoms with Crippen molar-refractivity contribution in [2.24, 2.45) is 0 Å². The molecule has 2 unspecified atom stereocenters. The highest BCUT2D eigenvalue weighted by atomic mass is 32.2. The molecular weight excluding hydrogens is 230 g/mol. The molecule has 0 aromatic heterocycles. The normalized spacial score (nSPS) is 14.6. The van der Waals surface area contributed by atoms with E-state index in [1.807, 2.05) is 11.8 Å². The second-order valence-corrected chi connectivity index (χ2v) is 5.30. The van der Waals surface area contributed by atoms with Gasteiger partial charge in [0.25, 0.3) is 0 Å². The number of rotatable bonds is 7. The summed E-state index contributed by atoms with van der Waals surface area (Å²) in [6, 6.07) is 9.21. The van der Waals surface area contributed by atoms with Crippen molar-refractivity contribution < 1.29 is 4.74 Å². The minimum atomic E-state index is 0.306. The molecule has 1 aromatic carbocycles. The van der Waals surface area contributed by atoms with E-state index in [2.05, 4.69) is 50.4 Å². The fraction of sp³-hybridized carbons (Fsp3) is 0.571. The summed E-state index contributed by atoms with van der Waals surface area (Å²) in [5, 5.41) is 3.41. The van der Waals surface area contributed by atoms with Gasteiger partial charge in [0.1, 0.15) is 0 Å². The zero-order valence-corrected chi connectivity index (χ0v) is 12.0. The van der Waals surface area contributed by atoms with Crippen molar-refractivity contribution in [3.05, 3.63) is 29.8 Å². The van der Waals surface area contributed by atoms with Crippen LogP contribution in [0.25, 0.3) is 0 Å². The molecule has 0 heterocycles. The maximum absolute atomic E-state index is 5.23. The van der Waals surface area contributed by atoms with Gasteiger partial charge in [-0.25, -0.2) is 0 Å². The van der Waals surface area contributed by atoms with E-state index < -0.39 is 0 Å². The Morgan fingerprint density at radius 1 is 1.24 bits per heavy atom. The fourth-order valence-corrected chi connectivity index (χ4v) is 2.45. The van der Waals surface area contributed by atoms with E-state index >= 15 is 0 Å². The van der Waals surface area contributed by atoms with Crippen molar-refractivity contribution >= 4 is 11.8 Å². The highest BCUT2D eigenvalue weighted by Crippen LogP contribution is 2.22. The molecule has 1 rings (SSSR count). The van der Waals surface area contributed by atoms with Crippen molar-refractivity contribution in [3.63, 3.8) is 0 Å². The predicted octanol–water partition coefficient (Wildman–Crippen LogP) is 3.48. The second kappa shape index (κ2) is 7.75. The van der Waals surface area contributed by atoms with Gasteiger partial charge in [-0.15, -0.1) is 11.8 Å². The van der Waals surface area contributed by atoms with Gasteiger partial charge in [0, 0.05) is 23.8 Å². The maximum Gasteiger partial charge on any atom is 0.0637 e. The SMILES string of the molecule is CCNC(C)c1ccc(SCC(C)OC)cc1. The zero-order chi connectivity index (χ0) is 12.7. The van der Waals surface area contributed by atoms with Crippen LogP contribution in [0.3, 0.4) is 0 Å². The van der Waals surface area contributed by atoms with Crippen LogP contribution in [0.2, 0.25) is 0 Å². The summed E-state index contributed by atoms with van der Waals surface area (Å²) in [5.74, 6) is 0.999. The van der Waals surface area contributed by atoms with Crippen LogP contribution in [0.15, 0.2) is 29.2 Å². The molecule has 2 atom stereocenters. The largest absolute Gasteiger partial charge is 0.381 e. The summed E-state index contributed by atoms with van der Waals surface area (Å²) >= 11 is 1.84. The molecule has 96 valence electrons. The number of hydrogen-bond acceptors (Lipinski definition) is 3. The standard InChI is InChI=1S/C14H23NOS/c1-5-15-12(3)13-6-8-14(9-7-13)17-10-11(2)16-4/h6-9,11-12,15H,5,10H2,1-4H3. The van der Waals surface area contributed by atoms with Gasteiger partial charge in [0.15, 0.2) is 0 Å². The molecule has 0 bridgehead atoms. The molecule has 0 aliphatic rings. The van der Waals surface area contributed by atoms with Crippen LogP contribution in [0.4, 0.5) is 0 Å². The molecule has 0 aliphatic heterocycles. The number of nitrogens with one attached hydrogen (secondary N) is 1. The Labute approximate surface area is 109 Å². The first-order valence-electron chi connectivity index (χ1n) is 6.16. The van der Waals surface area contributed by atoms with Crippen LogP contribution in [-0.4, -0.2) is 25.5 Å². The zero-order valence-electron chi connectivity index (χ0n) is 11.2. The molecule has 0 radical (unpaired) electrons. The van der Waals surface area contributed by atoms with E-state index in [1.165, 1.54) is 10.5 Å². The Hall–Kier alpha value is -0.510. The molecular formula is C14H23NOS. The van der Waals surface area contributed by atoms with Crippen molar-refractivity contribution in [2.75, 3.05) is 19.4 Å². The Bertz CT molecular complexity index is 313. The number of ether oxygens (including phenoxy) is 1. The molecule has 0 saturated heterocycles. The number of hydrogen-bond donors (Lipinski definition) is 1. The maximum atomic E-state index is 5.23. The summed E-state index contributed by atoms with van der Waals surface area (Å²) < 4.78 is 5.23. The number of methoxy groups -OCH3 is 1. The van der Waals surface area contributed by atoms with Gasteiger partial charge < -0.3 is 10.1 Å². The smallest absolute Gasteiger partial charge is 0.0637 e. The highest BCUT2D eigenvalue weighted by molar-refractivity contribution is 7.99. The lowest BCUT2D eigenvalue weighted by atomic mass is 10.1. The first-order valence-corrected chi connectivity index (χ1v) is 7.14. The third kappa shape index (κ3) is 5.11. The van der Waals surface area contributed by atoms with Crippen LogP contribution >= 0.6 is 11.8 Å². The topological polar surface area (TPSA) is 21.3 Å². The van der Waals surface area contributed by atoms with Crippen LogP contribution in [-0.2, 0) is 4.74 Å². The van der Waals surface area contributed by atoms with Gasteiger partial charge in [-0.3, -0.25) is 0 Å². The number of thioether (sulfide) groups is 1. The van der Waals surface area contributed by atoms with Gasteiger partial charge in [0.05, 0.1) is 6.10 Å². The van der Waals surface area contributed by atoms with Crippen molar-refractivity contribution in [2.45, 2.75) is 37.8 Å². The van der Waals surface area contributed by atoms with E-state index in [9.17, 15) is 0 Å². The van der Waals surface area contributed by atoms with E-state index in [-0.39, 0.29) is 0 Å². The second-order valence-electron chi connectivity index (χ2n) is 4.21. The summed E-state index contributed by atoms with van der Waals surface area (Å²) in [6.45, 7) is 7.42. The van der Waals surface area contributed by atoms with E-state index in [0.717, 1.165) is 12.3 Å². The van der Waals surface area contributed by atoms with Gasteiger partial charge in [0.2, 0.25) is 0 Å². The molecule has 0 spiro atoms. The Balaban J connectivity index is 2.50. The van der Waals surface area contributed by atoms with Crippen molar-refractivity contribution in [1.82, 2.24) is 5.32 Å². The third-order valence-electron chi connectivity index (χ3n) is 2.78. The highest BCUT2D eigenvalue weighted by Gasteiger charge is 2.04. The monoisotopic (exact) mass is 253 g/mol. The third-order valence-corrected chi connectivity index (χ3v) is 4.02. The summed E-state index contributed by atoms with van der Waals surface area (Å²) in [5.41, 5.74) is 1.34. The average molecular weight is 253 g/mol. The molecule has 3 heteroatoms. The van der Waals surface area contributed by atoms with Crippen molar-refractivity contribution in [1.29, 1.82) is 0 Å². The van der Waals surface area contributed by atoms with Crippen LogP contribution in [0.1, 0.15) is 32.4 Å². The quantitative estimate of drug-likeness (QED) is 0.752. The molecule has 0 aliphatic carbocycles. The Morgan fingerprint density at radius 2 is 1.88 bits per heavy atom. The summed E-state index contributed by atoms with van der Waals surface area (Å²) in [7, 11) is 1.76. The van der Waals surface area contributed by atoms with Crippen molar-refractivity contribution in [3.8, 4) is 0 Å². The van der Waals surface area contributed by atoms with Gasteiger partial charge in [-0.1, -0.05) is 19.1 Å². The lowest BCUT2D eigenvalue weighted by Gasteiger charge is -2.13. The lowest BCUT2D eigenvalue weighted by Crippen LogP contribution is -2.17. The lowest BCUT2D eigenvalue weighted by molar-refractivity contribution is 0.138. The fourth-order valence-electron chi connectivity index (χ4n) is 1.56. The predicted molar refractivity (Wildman–Crippen MR) is 75.7 cm³/mol. The molecule has 0 saturated carbocycles. The van der Waals surface area contributed by atoms with E-state index in [4.69, 9.17) is 4.74 Å². The minimum absolute atomic E-state index is 0.306. The van der Waals surface area contributed by atoms with Gasteiger partial charge in [-0.2, -0.15) is 0 Å². The number of benzene rings is 1. The molecule has 17 heavy (non-hydrogen) atoms. The summed E-state index contributed by atoms with van der Waals surface area (Å²) in [6.07, 6.45) is 0.306. The minimum Gasteiger partial charge on any atom is -0.381 e. The van der Waals surface area contributed by atoms with Crippen LogP contribution in [0, 0.1) is 0 Å². The average Bonchev–Trinajstić information content (AvgIpc) is 2.36. The van der Waals surface area contributed by atoms with Crippen LogP contribution in [0.5, 0.6) is 0 Å². The molecule has 0 amide bonds. The first-order chi connectivity index (χ1) is 8.17. The van der Waals surface area contributed by atoms with Gasteiger partial charge >= 0.3 is 0 Å². The Morgan fingerprint density at radius 3 is 2.41 bits per heavy atom. The molecule has 1 N–H and O–H groups in total. The van der Waals surface area contributed by atoms with E-state index in [1.54, 1.807) is 7.11 Å². The molecule has 2 nitrogen and oxygen atoms in total. The summed E-state index contributed by atoms with van der Waals surface area (Å²) in [4.78, 5) is 1.31. The van der Waals surface area contributed by atoms with Gasteiger partial charge in [-0.05, 0) is 38.1 Å². The molecule has 0 fully saturated rings.